The molecule has 0 aliphatic carbocycles. The molecule has 0 saturated carbocycles. The molecule has 7 nitrogen and oxygen atoms in total. The highest BCUT2D eigenvalue weighted by molar-refractivity contribution is 5.98. The number of esters is 1. The lowest BCUT2D eigenvalue weighted by Crippen LogP contribution is -2.38. The molecule has 1 atom stereocenters. The first kappa shape index (κ1) is 14.7. The molecular weight excluding hydrogens is 276 g/mol. The molecule has 0 bridgehead atoms. The number of cyclic esters (lactones) is 1. The van der Waals surface area contributed by atoms with Crippen molar-refractivity contribution >= 4 is 12.0 Å². The van der Waals surface area contributed by atoms with Crippen molar-refractivity contribution in [1.82, 2.24) is 10.6 Å². The second kappa shape index (κ2) is 6.17. The van der Waals surface area contributed by atoms with E-state index in [-0.39, 0.29) is 11.3 Å². The molecule has 1 aliphatic rings. The van der Waals surface area contributed by atoms with Crippen LogP contribution >= 0.6 is 0 Å². The van der Waals surface area contributed by atoms with Gasteiger partial charge in [-0.05, 0) is 12.1 Å². The quantitative estimate of drug-likeness (QED) is 0.632. The molecule has 0 spiro atoms. The van der Waals surface area contributed by atoms with Gasteiger partial charge in [-0.15, -0.1) is 6.58 Å². The van der Waals surface area contributed by atoms with E-state index in [1.807, 2.05) is 0 Å². The van der Waals surface area contributed by atoms with Crippen LogP contribution < -0.4 is 20.1 Å². The van der Waals surface area contributed by atoms with Gasteiger partial charge >= 0.3 is 12.0 Å². The van der Waals surface area contributed by atoms with E-state index in [4.69, 9.17) is 14.2 Å². The first-order chi connectivity index (χ1) is 10.1. The van der Waals surface area contributed by atoms with Gasteiger partial charge in [0, 0.05) is 12.1 Å². The summed E-state index contributed by atoms with van der Waals surface area (Å²) in [5.41, 5.74) is 0.775. The zero-order chi connectivity index (χ0) is 15.4. The van der Waals surface area contributed by atoms with Crippen LogP contribution in [-0.4, -0.2) is 32.8 Å². The van der Waals surface area contributed by atoms with Gasteiger partial charge in [-0.1, -0.05) is 6.08 Å². The highest BCUT2D eigenvalue weighted by atomic mass is 16.6. The van der Waals surface area contributed by atoms with Gasteiger partial charge in [-0.3, -0.25) is 5.32 Å². The summed E-state index contributed by atoms with van der Waals surface area (Å²) in [5.74, 6) is 0.135. The third-order valence-corrected chi connectivity index (χ3v) is 2.96. The second-order valence-corrected chi connectivity index (χ2v) is 4.19. The zero-order valence-corrected chi connectivity index (χ0v) is 11.8. The summed E-state index contributed by atoms with van der Waals surface area (Å²) >= 11 is 0. The number of fused-ring (bicyclic) bond motifs is 1. The van der Waals surface area contributed by atoms with Crippen LogP contribution in [0.1, 0.15) is 22.1 Å². The van der Waals surface area contributed by atoms with E-state index in [1.165, 1.54) is 14.2 Å². The molecule has 1 aromatic rings. The van der Waals surface area contributed by atoms with E-state index >= 15 is 0 Å². The van der Waals surface area contributed by atoms with Crippen molar-refractivity contribution in [3.05, 3.63) is 35.9 Å². The number of rotatable bonds is 5. The molecule has 1 aliphatic heterocycles. The fraction of sp³-hybridized carbons (Fsp3) is 0.286. The maximum atomic E-state index is 12.0. The van der Waals surface area contributed by atoms with Crippen LogP contribution in [-0.2, 0) is 4.74 Å². The van der Waals surface area contributed by atoms with E-state index in [0.717, 1.165) is 0 Å². The Hall–Kier alpha value is -2.70. The van der Waals surface area contributed by atoms with Crippen molar-refractivity contribution < 1.29 is 23.8 Å². The predicted octanol–water partition coefficient (Wildman–Crippen LogP) is 1.36. The summed E-state index contributed by atoms with van der Waals surface area (Å²) < 4.78 is 15.5. The maximum Gasteiger partial charge on any atom is 0.344 e. The molecule has 2 N–H and O–H groups in total. The average molecular weight is 292 g/mol. The molecule has 7 heteroatoms. The second-order valence-electron chi connectivity index (χ2n) is 4.19. The van der Waals surface area contributed by atoms with Gasteiger partial charge in [0.1, 0.15) is 5.56 Å². The van der Waals surface area contributed by atoms with Crippen molar-refractivity contribution in [3.8, 4) is 11.5 Å². The molecule has 1 heterocycles. The normalized spacial score (nSPS) is 15.7. The molecule has 0 fully saturated rings. The monoisotopic (exact) mass is 292 g/mol. The number of ether oxygens (including phenoxy) is 3. The predicted molar refractivity (Wildman–Crippen MR) is 74.4 cm³/mol. The van der Waals surface area contributed by atoms with Gasteiger partial charge in [-0.2, -0.15) is 0 Å². The molecule has 2 amide bonds. The minimum Gasteiger partial charge on any atom is -0.493 e. The number of benzene rings is 1. The fourth-order valence-electron chi connectivity index (χ4n) is 2.04. The number of hydrogen-bond acceptors (Lipinski definition) is 5. The molecule has 1 aromatic carbocycles. The maximum absolute atomic E-state index is 12.0. The number of carbonyl (C=O) groups excluding carboxylic acids is 2. The summed E-state index contributed by atoms with van der Waals surface area (Å²) in [6.45, 7) is 3.81. The standard InChI is InChI=1S/C14H16N2O5/c1-4-7-15-14(18)16-12-8-5-6-9(19-2)11(20-3)10(8)13(17)21-12/h4-6,12H,1,7H2,2-3H3,(H2,15,16,18). The van der Waals surface area contributed by atoms with Crippen LogP contribution in [0.3, 0.4) is 0 Å². The first-order valence-electron chi connectivity index (χ1n) is 6.23. The number of nitrogens with one attached hydrogen (secondary N) is 2. The van der Waals surface area contributed by atoms with Crippen LogP contribution in [0, 0.1) is 0 Å². The van der Waals surface area contributed by atoms with E-state index in [1.54, 1.807) is 18.2 Å². The Morgan fingerprint density at radius 3 is 2.81 bits per heavy atom. The zero-order valence-electron chi connectivity index (χ0n) is 11.8. The highest BCUT2D eigenvalue weighted by Crippen LogP contribution is 2.40. The van der Waals surface area contributed by atoms with E-state index < -0.39 is 18.2 Å². The highest BCUT2D eigenvalue weighted by Gasteiger charge is 2.36. The number of carbonyl (C=O) groups is 2. The lowest BCUT2D eigenvalue weighted by Gasteiger charge is -2.14. The van der Waals surface area contributed by atoms with Crippen LogP contribution in [0.15, 0.2) is 24.8 Å². The van der Waals surface area contributed by atoms with Gasteiger partial charge in [0.25, 0.3) is 0 Å². The van der Waals surface area contributed by atoms with Crippen molar-refractivity contribution in [1.29, 1.82) is 0 Å². The fourth-order valence-corrected chi connectivity index (χ4v) is 2.04. The Kier molecular flexibility index (Phi) is 4.32. The third kappa shape index (κ3) is 2.76. The van der Waals surface area contributed by atoms with Crippen LogP contribution in [0.4, 0.5) is 4.79 Å². The summed E-state index contributed by atoms with van der Waals surface area (Å²) in [6.07, 6.45) is 0.680. The summed E-state index contributed by atoms with van der Waals surface area (Å²) in [6, 6.07) is 2.84. The summed E-state index contributed by atoms with van der Waals surface area (Å²) in [7, 11) is 2.91. The van der Waals surface area contributed by atoms with Gasteiger partial charge in [0.15, 0.2) is 11.5 Å². The molecule has 0 saturated heterocycles. The summed E-state index contributed by atoms with van der Waals surface area (Å²) in [4.78, 5) is 23.6. The largest absolute Gasteiger partial charge is 0.493 e. The van der Waals surface area contributed by atoms with Crippen LogP contribution in [0.2, 0.25) is 0 Å². The van der Waals surface area contributed by atoms with E-state index in [2.05, 4.69) is 17.2 Å². The van der Waals surface area contributed by atoms with Crippen LogP contribution in [0.5, 0.6) is 11.5 Å². The smallest absolute Gasteiger partial charge is 0.344 e. The van der Waals surface area contributed by atoms with Crippen molar-refractivity contribution in [2.45, 2.75) is 6.23 Å². The van der Waals surface area contributed by atoms with E-state index in [9.17, 15) is 9.59 Å². The molecule has 2 rings (SSSR count). The van der Waals surface area contributed by atoms with Crippen LogP contribution in [0.25, 0.3) is 0 Å². The minimum atomic E-state index is -0.864. The Bertz CT molecular complexity index is 585. The van der Waals surface area contributed by atoms with Gasteiger partial charge in [-0.25, -0.2) is 9.59 Å². The number of hydrogen-bond donors (Lipinski definition) is 2. The van der Waals surface area contributed by atoms with Gasteiger partial charge in [0.2, 0.25) is 6.23 Å². The lowest BCUT2D eigenvalue weighted by molar-refractivity contribution is 0.0336. The number of amides is 2. The number of urea groups is 1. The topological polar surface area (TPSA) is 85.9 Å². The Balaban J connectivity index is 2.27. The Labute approximate surface area is 121 Å². The molecular formula is C14H16N2O5. The molecule has 0 aromatic heterocycles. The van der Waals surface area contributed by atoms with Crippen molar-refractivity contribution in [3.63, 3.8) is 0 Å². The minimum absolute atomic E-state index is 0.255. The average Bonchev–Trinajstić information content (AvgIpc) is 2.80. The third-order valence-electron chi connectivity index (χ3n) is 2.96. The lowest BCUT2D eigenvalue weighted by atomic mass is 10.1. The Morgan fingerprint density at radius 1 is 1.43 bits per heavy atom. The SMILES string of the molecule is C=CCNC(=O)NC1OC(=O)c2c1ccc(OC)c2OC. The summed E-state index contributed by atoms with van der Waals surface area (Å²) in [5, 5.41) is 5.09. The molecule has 21 heavy (non-hydrogen) atoms. The number of methoxy groups -OCH3 is 2. The molecule has 0 radical (unpaired) electrons. The van der Waals surface area contributed by atoms with Crippen molar-refractivity contribution in [2.24, 2.45) is 0 Å². The van der Waals surface area contributed by atoms with Crippen molar-refractivity contribution in [2.75, 3.05) is 20.8 Å². The first-order valence-corrected chi connectivity index (χ1v) is 6.23. The van der Waals surface area contributed by atoms with Gasteiger partial charge in [0.05, 0.1) is 14.2 Å². The Morgan fingerprint density at radius 2 is 2.19 bits per heavy atom. The van der Waals surface area contributed by atoms with E-state index in [0.29, 0.717) is 17.9 Å². The molecule has 1 unspecified atom stereocenters. The van der Waals surface area contributed by atoms with Gasteiger partial charge < -0.3 is 19.5 Å². The molecule has 112 valence electrons.